The first kappa shape index (κ1) is 17.7. The molecule has 0 rings (SSSR count). The van der Waals surface area contributed by atoms with E-state index in [4.69, 9.17) is 10.9 Å². The fourth-order valence-electron chi connectivity index (χ4n) is 2.31. The van der Waals surface area contributed by atoms with Gasteiger partial charge in [0.05, 0.1) is 6.04 Å². The van der Waals surface area contributed by atoms with Crippen molar-refractivity contribution < 1.29 is 10.0 Å². The van der Waals surface area contributed by atoms with E-state index in [9.17, 15) is 4.79 Å². The van der Waals surface area contributed by atoms with Crippen LogP contribution in [0.3, 0.4) is 0 Å². The molecule has 0 aromatic heterocycles. The Morgan fingerprint density at radius 2 is 1.84 bits per heavy atom. The lowest BCUT2D eigenvalue weighted by Crippen LogP contribution is -2.48. The number of amides is 1. The van der Waals surface area contributed by atoms with Crippen molar-refractivity contribution in [2.45, 2.75) is 60.4 Å². The van der Waals surface area contributed by atoms with Crippen LogP contribution in [0.2, 0.25) is 0 Å². The summed E-state index contributed by atoms with van der Waals surface area (Å²) in [6, 6.07) is -0.417. The van der Waals surface area contributed by atoms with Crippen LogP contribution in [-0.4, -0.2) is 23.0 Å². The molecule has 0 bridgehead atoms. The van der Waals surface area contributed by atoms with Gasteiger partial charge in [-0.2, -0.15) is 0 Å². The molecule has 19 heavy (non-hydrogen) atoms. The van der Waals surface area contributed by atoms with Crippen molar-refractivity contribution in [1.82, 2.24) is 5.32 Å². The summed E-state index contributed by atoms with van der Waals surface area (Å²) in [5.74, 6) is 0.381. The average molecular weight is 271 g/mol. The minimum Gasteiger partial charge on any atom is -0.409 e. The summed E-state index contributed by atoms with van der Waals surface area (Å²) in [4.78, 5) is 12.0. The Morgan fingerprint density at radius 1 is 1.32 bits per heavy atom. The molecule has 112 valence electrons. The first-order valence-corrected chi connectivity index (χ1v) is 6.83. The summed E-state index contributed by atoms with van der Waals surface area (Å²) in [6.45, 7) is 12.4. The molecular formula is C14H29N3O2. The molecule has 5 nitrogen and oxygen atoms in total. The molecule has 0 radical (unpaired) electrons. The summed E-state index contributed by atoms with van der Waals surface area (Å²) in [7, 11) is 0. The maximum Gasteiger partial charge on any atom is 0.220 e. The Kier molecular flexibility index (Phi) is 6.87. The van der Waals surface area contributed by atoms with E-state index in [-0.39, 0.29) is 23.1 Å². The molecule has 2 atom stereocenters. The lowest BCUT2D eigenvalue weighted by atomic mass is 9.84. The minimum absolute atomic E-state index is 0.0480. The van der Waals surface area contributed by atoms with Gasteiger partial charge in [-0.15, -0.1) is 0 Å². The summed E-state index contributed by atoms with van der Waals surface area (Å²) >= 11 is 0. The fraction of sp³-hybridized carbons (Fsp3) is 0.857. The molecule has 0 saturated carbocycles. The van der Waals surface area contributed by atoms with Crippen molar-refractivity contribution in [3.63, 3.8) is 0 Å². The second-order valence-electron chi connectivity index (χ2n) is 6.89. The zero-order chi connectivity index (χ0) is 15.2. The Hall–Kier alpha value is -1.26. The second kappa shape index (κ2) is 7.36. The minimum atomic E-state index is -0.417. The van der Waals surface area contributed by atoms with Gasteiger partial charge in [-0.25, -0.2) is 0 Å². The first-order chi connectivity index (χ1) is 8.56. The Morgan fingerprint density at radius 3 is 2.21 bits per heavy atom. The molecule has 0 aliphatic heterocycles. The number of rotatable bonds is 6. The molecule has 0 fully saturated rings. The summed E-state index contributed by atoms with van der Waals surface area (Å²) < 4.78 is 0. The molecule has 0 spiro atoms. The standard InChI is InChI=1S/C14H29N3O2/c1-9(2)12(13(15)17-19)16-11(18)7-10(3)8-14(4,5)6/h9-10,12,19H,7-8H2,1-6H3,(H2,15,17)(H,16,18). The summed E-state index contributed by atoms with van der Waals surface area (Å²) in [5, 5.41) is 14.5. The van der Waals surface area contributed by atoms with Gasteiger partial charge in [0.2, 0.25) is 5.91 Å². The Labute approximate surface area is 116 Å². The van der Waals surface area contributed by atoms with Crippen LogP contribution in [0.15, 0.2) is 5.16 Å². The lowest BCUT2D eigenvalue weighted by Gasteiger charge is -2.25. The first-order valence-electron chi connectivity index (χ1n) is 6.83. The highest BCUT2D eigenvalue weighted by Gasteiger charge is 2.23. The SMILES string of the molecule is CC(CC(=O)NC(C(N)=NO)C(C)C)CC(C)(C)C. The molecule has 0 heterocycles. The van der Waals surface area contributed by atoms with Crippen molar-refractivity contribution in [2.24, 2.45) is 28.1 Å². The van der Waals surface area contributed by atoms with E-state index in [1.165, 1.54) is 0 Å². The topological polar surface area (TPSA) is 87.7 Å². The molecule has 1 amide bonds. The van der Waals surface area contributed by atoms with Crippen LogP contribution in [0.4, 0.5) is 0 Å². The maximum absolute atomic E-state index is 12.0. The van der Waals surface area contributed by atoms with E-state index in [0.29, 0.717) is 12.3 Å². The number of nitrogens with one attached hydrogen (secondary N) is 1. The number of nitrogens with zero attached hydrogens (tertiary/aromatic N) is 1. The van der Waals surface area contributed by atoms with Crippen LogP contribution in [0, 0.1) is 17.3 Å². The smallest absolute Gasteiger partial charge is 0.220 e. The number of carbonyl (C=O) groups is 1. The highest BCUT2D eigenvalue weighted by atomic mass is 16.4. The van der Waals surface area contributed by atoms with Crippen LogP contribution in [0.25, 0.3) is 0 Å². The van der Waals surface area contributed by atoms with Gasteiger partial charge in [0.25, 0.3) is 0 Å². The third kappa shape index (κ3) is 7.70. The molecule has 4 N–H and O–H groups in total. The Balaban J connectivity index is 4.43. The number of hydrogen-bond acceptors (Lipinski definition) is 3. The van der Waals surface area contributed by atoms with Crippen LogP contribution >= 0.6 is 0 Å². The van der Waals surface area contributed by atoms with Gasteiger partial charge in [-0.3, -0.25) is 4.79 Å². The summed E-state index contributed by atoms with van der Waals surface area (Å²) in [6.07, 6.45) is 1.44. The van der Waals surface area contributed by atoms with Gasteiger partial charge in [0.15, 0.2) is 5.84 Å². The number of carbonyl (C=O) groups excluding carboxylic acids is 1. The second-order valence-corrected chi connectivity index (χ2v) is 6.89. The average Bonchev–Trinajstić information content (AvgIpc) is 2.21. The van der Waals surface area contributed by atoms with Crippen molar-refractivity contribution in [3.05, 3.63) is 0 Å². The number of amidine groups is 1. The van der Waals surface area contributed by atoms with Crippen molar-refractivity contribution >= 4 is 11.7 Å². The predicted molar refractivity (Wildman–Crippen MR) is 78.0 cm³/mol. The zero-order valence-corrected chi connectivity index (χ0v) is 13.0. The molecule has 0 aliphatic rings. The number of hydrogen-bond donors (Lipinski definition) is 3. The van der Waals surface area contributed by atoms with Crippen LogP contribution in [0.5, 0.6) is 0 Å². The highest BCUT2D eigenvalue weighted by Crippen LogP contribution is 2.25. The number of oxime groups is 1. The predicted octanol–water partition coefficient (Wildman–Crippen LogP) is 2.34. The van der Waals surface area contributed by atoms with E-state index in [2.05, 4.69) is 38.2 Å². The quantitative estimate of drug-likeness (QED) is 0.300. The van der Waals surface area contributed by atoms with Crippen LogP contribution < -0.4 is 11.1 Å². The molecule has 2 unspecified atom stereocenters. The molecule has 0 aliphatic carbocycles. The molecule has 5 heteroatoms. The van der Waals surface area contributed by atoms with Gasteiger partial charge in [0.1, 0.15) is 0 Å². The van der Waals surface area contributed by atoms with E-state index in [1.54, 1.807) is 0 Å². The maximum atomic E-state index is 12.0. The fourth-order valence-corrected chi connectivity index (χ4v) is 2.31. The molecule has 0 saturated heterocycles. The van der Waals surface area contributed by atoms with Gasteiger partial charge in [-0.05, 0) is 23.7 Å². The lowest BCUT2D eigenvalue weighted by molar-refractivity contribution is -0.122. The van der Waals surface area contributed by atoms with Crippen molar-refractivity contribution in [3.8, 4) is 0 Å². The third-order valence-electron chi connectivity index (χ3n) is 2.91. The van der Waals surface area contributed by atoms with E-state index >= 15 is 0 Å². The molecular weight excluding hydrogens is 242 g/mol. The zero-order valence-electron chi connectivity index (χ0n) is 13.0. The van der Waals surface area contributed by atoms with Gasteiger partial charge in [0, 0.05) is 6.42 Å². The van der Waals surface area contributed by atoms with Crippen molar-refractivity contribution in [1.29, 1.82) is 0 Å². The largest absolute Gasteiger partial charge is 0.409 e. The molecule has 0 aromatic rings. The van der Waals surface area contributed by atoms with Gasteiger partial charge in [-0.1, -0.05) is 46.7 Å². The van der Waals surface area contributed by atoms with Gasteiger partial charge >= 0.3 is 0 Å². The number of nitrogens with two attached hydrogens (primary N) is 1. The van der Waals surface area contributed by atoms with E-state index in [0.717, 1.165) is 6.42 Å². The third-order valence-corrected chi connectivity index (χ3v) is 2.91. The summed E-state index contributed by atoms with van der Waals surface area (Å²) in [5.41, 5.74) is 5.80. The van der Waals surface area contributed by atoms with Crippen LogP contribution in [-0.2, 0) is 4.79 Å². The molecule has 0 aromatic carbocycles. The monoisotopic (exact) mass is 271 g/mol. The van der Waals surface area contributed by atoms with E-state index < -0.39 is 6.04 Å². The van der Waals surface area contributed by atoms with Gasteiger partial charge < -0.3 is 16.3 Å². The van der Waals surface area contributed by atoms with Crippen molar-refractivity contribution in [2.75, 3.05) is 0 Å². The van der Waals surface area contributed by atoms with E-state index in [1.807, 2.05) is 13.8 Å². The van der Waals surface area contributed by atoms with Crippen LogP contribution in [0.1, 0.15) is 54.4 Å². The normalized spacial score (nSPS) is 16.3. The Bertz CT molecular complexity index is 319. The highest BCUT2D eigenvalue weighted by molar-refractivity contribution is 5.90.